The Bertz CT molecular complexity index is 526. The molecule has 2 saturated heterocycles. The molecular formula is C16H24N4O3. The molecule has 1 N–H and O–H groups in total. The number of piperidine rings is 1. The zero-order chi connectivity index (χ0) is 16.1. The fourth-order valence-corrected chi connectivity index (χ4v) is 3.21. The number of aromatic nitrogens is 2. The molecule has 126 valence electrons. The third-order valence-electron chi connectivity index (χ3n) is 4.58. The Balaban J connectivity index is 1.51. The van der Waals surface area contributed by atoms with E-state index in [2.05, 4.69) is 15.3 Å². The van der Waals surface area contributed by atoms with Crippen molar-refractivity contribution in [2.24, 2.45) is 5.92 Å². The number of amides is 1. The normalized spacial score (nSPS) is 20.3. The summed E-state index contributed by atoms with van der Waals surface area (Å²) >= 11 is 0. The molecule has 2 aliphatic heterocycles. The number of carbonyl (C=O) groups is 1. The van der Waals surface area contributed by atoms with Gasteiger partial charge in [0.1, 0.15) is 0 Å². The Hall–Kier alpha value is -1.89. The number of ether oxygens (including phenoxy) is 2. The first kappa shape index (κ1) is 16.0. The number of hydrogen-bond acceptors (Lipinski definition) is 6. The summed E-state index contributed by atoms with van der Waals surface area (Å²) < 4.78 is 10.6. The van der Waals surface area contributed by atoms with Crippen LogP contribution in [0.25, 0.3) is 0 Å². The minimum atomic E-state index is 0.147. The molecule has 0 atom stereocenters. The highest BCUT2D eigenvalue weighted by Crippen LogP contribution is 2.24. The van der Waals surface area contributed by atoms with E-state index < -0.39 is 0 Å². The summed E-state index contributed by atoms with van der Waals surface area (Å²) in [6, 6.07) is 0.291. The topological polar surface area (TPSA) is 76.6 Å². The molecule has 0 bridgehead atoms. The second kappa shape index (κ2) is 7.59. The predicted molar refractivity (Wildman–Crippen MR) is 85.4 cm³/mol. The van der Waals surface area contributed by atoms with E-state index in [1.165, 1.54) is 0 Å². The Morgan fingerprint density at radius 2 is 1.91 bits per heavy atom. The monoisotopic (exact) mass is 320 g/mol. The first-order valence-electron chi connectivity index (χ1n) is 8.26. The first-order chi connectivity index (χ1) is 11.3. The summed E-state index contributed by atoms with van der Waals surface area (Å²) in [7, 11) is 1.59. The van der Waals surface area contributed by atoms with Crippen molar-refractivity contribution in [3.05, 3.63) is 12.4 Å². The standard InChI is InChI=1S/C16H24N4O3/c1-22-15-14(17-6-7-18-15)19-13-2-8-20(9-3-13)16(21)12-4-10-23-11-5-12/h6-7,12-13H,2-5,8-11H2,1H3,(H,17,19). The summed E-state index contributed by atoms with van der Waals surface area (Å²) in [6.07, 6.45) is 6.79. The molecule has 3 heterocycles. The van der Waals surface area contributed by atoms with Gasteiger partial charge in [-0.15, -0.1) is 0 Å². The molecule has 23 heavy (non-hydrogen) atoms. The van der Waals surface area contributed by atoms with Gasteiger partial charge in [-0.25, -0.2) is 9.97 Å². The summed E-state index contributed by atoms with van der Waals surface area (Å²) in [4.78, 5) is 22.9. The van der Waals surface area contributed by atoms with E-state index in [-0.39, 0.29) is 5.92 Å². The van der Waals surface area contributed by atoms with Crippen LogP contribution in [0.3, 0.4) is 0 Å². The van der Waals surface area contributed by atoms with Crippen LogP contribution in [0.1, 0.15) is 25.7 Å². The third-order valence-corrected chi connectivity index (χ3v) is 4.58. The zero-order valence-corrected chi connectivity index (χ0v) is 13.5. The average Bonchev–Trinajstić information content (AvgIpc) is 2.63. The number of nitrogens with zero attached hydrogens (tertiary/aromatic N) is 3. The van der Waals surface area contributed by atoms with E-state index in [9.17, 15) is 4.79 Å². The van der Waals surface area contributed by atoms with Gasteiger partial charge < -0.3 is 19.7 Å². The van der Waals surface area contributed by atoms with Crippen LogP contribution in [0, 0.1) is 5.92 Å². The van der Waals surface area contributed by atoms with Gasteiger partial charge >= 0.3 is 0 Å². The molecule has 0 spiro atoms. The minimum absolute atomic E-state index is 0.147. The lowest BCUT2D eigenvalue weighted by molar-refractivity contribution is -0.139. The van der Waals surface area contributed by atoms with Gasteiger partial charge in [-0.2, -0.15) is 0 Å². The number of nitrogens with one attached hydrogen (secondary N) is 1. The van der Waals surface area contributed by atoms with E-state index in [1.54, 1.807) is 19.5 Å². The molecule has 0 unspecified atom stereocenters. The highest BCUT2D eigenvalue weighted by Gasteiger charge is 2.29. The van der Waals surface area contributed by atoms with Crippen LogP contribution in [-0.4, -0.2) is 60.2 Å². The van der Waals surface area contributed by atoms with Crippen LogP contribution in [0.4, 0.5) is 5.82 Å². The van der Waals surface area contributed by atoms with Gasteiger partial charge in [0.15, 0.2) is 5.82 Å². The fourth-order valence-electron chi connectivity index (χ4n) is 3.21. The molecule has 0 aliphatic carbocycles. The van der Waals surface area contributed by atoms with E-state index in [0.717, 1.165) is 38.8 Å². The minimum Gasteiger partial charge on any atom is -0.478 e. The number of likely N-dealkylation sites (tertiary alicyclic amines) is 1. The van der Waals surface area contributed by atoms with Crippen molar-refractivity contribution in [2.75, 3.05) is 38.7 Å². The fraction of sp³-hybridized carbons (Fsp3) is 0.688. The largest absolute Gasteiger partial charge is 0.478 e. The quantitative estimate of drug-likeness (QED) is 0.901. The molecule has 3 rings (SSSR count). The molecule has 0 radical (unpaired) electrons. The summed E-state index contributed by atoms with van der Waals surface area (Å²) in [5, 5.41) is 3.38. The Morgan fingerprint density at radius 3 is 2.61 bits per heavy atom. The van der Waals surface area contributed by atoms with Crippen LogP contribution in [-0.2, 0) is 9.53 Å². The van der Waals surface area contributed by atoms with Gasteiger partial charge in [-0.05, 0) is 25.7 Å². The number of hydrogen-bond donors (Lipinski definition) is 1. The van der Waals surface area contributed by atoms with Gasteiger partial charge in [0.25, 0.3) is 5.88 Å². The Morgan fingerprint density at radius 1 is 1.22 bits per heavy atom. The maximum absolute atomic E-state index is 12.5. The Labute approximate surface area is 136 Å². The van der Waals surface area contributed by atoms with E-state index >= 15 is 0 Å². The van der Waals surface area contributed by atoms with Crippen molar-refractivity contribution in [2.45, 2.75) is 31.7 Å². The third kappa shape index (κ3) is 3.90. The van der Waals surface area contributed by atoms with Crippen LogP contribution in [0.15, 0.2) is 12.4 Å². The highest BCUT2D eigenvalue weighted by atomic mass is 16.5. The SMILES string of the molecule is COc1nccnc1NC1CCN(C(=O)C2CCOCC2)CC1. The van der Waals surface area contributed by atoms with Gasteiger partial charge in [-0.1, -0.05) is 0 Å². The average molecular weight is 320 g/mol. The van der Waals surface area contributed by atoms with E-state index in [4.69, 9.17) is 9.47 Å². The number of methoxy groups -OCH3 is 1. The second-order valence-corrected chi connectivity index (χ2v) is 6.04. The molecule has 2 aliphatic rings. The molecule has 1 amide bonds. The van der Waals surface area contributed by atoms with Gasteiger partial charge in [-0.3, -0.25) is 4.79 Å². The lowest BCUT2D eigenvalue weighted by Crippen LogP contribution is -2.45. The molecule has 1 aromatic rings. The number of anilines is 1. The second-order valence-electron chi connectivity index (χ2n) is 6.04. The Kier molecular flexibility index (Phi) is 5.27. The zero-order valence-electron chi connectivity index (χ0n) is 13.5. The number of carbonyl (C=O) groups excluding carboxylic acids is 1. The molecule has 0 saturated carbocycles. The smallest absolute Gasteiger partial charge is 0.257 e. The van der Waals surface area contributed by atoms with Crippen LogP contribution >= 0.6 is 0 Å². The molecule has 7 nitrogen and oxygen atoms in total. The van der Waals surface area contributed by atoms with Crippen molar-refractivity contribution in [3.8, 4) is 5.88 Å². The van der Waals surface area contributed by atoms with Gasteiger partial charge in [0.2, 0.25) is 5.91 Å². The van der Waals surface area contributed by atoms with Crippen molar-refractivity contribution in [1.29, 1.82) is 0 Å². The molecular weight excluding hydrogens is 296 g/mol. The van der Waals surface area contributed by atoms with Gasteiger partial charge in [0, 0.05) is 50.7 Å². The predicted octanol–water partition coefficient (Wildman–Crippen LogP) is 1.31. The molecule has 1 aromatic heterocycles. The summed E-state index contributed by atoms with van der Waals surface area (Å²) in [5.41, 5.74) is 0. The highest BCUT2D eigenvalue weighted by molar-refractivity contribution is 5.79. The summed E-state index contributed by atoms with van der Waals surface area (Å²) in [5.74, 6) is 1.62. The van der Waals surface area contributed by atoms with E-state index in [1.807, 2.05) is 4.90 Å². The maximum Gasteiger partial charge on any atom is 0.257 e. The van der Waals surface area contributed by atoms with Crippen molar-refractivity contribution >= 4 is 11.7 Å². The molecule has 2 fully saturated rings. The van der Waals surface area contributed by atoms with Crippen LogP contribution < -0.4 is 10.1 Å². The van der Waals surface area contributed by atoms with E-state index in [0.29, 0.717) is 36.9 Å². The number of rotatable bonds is 4. The van der Waals surface area contributed by atoms with Crippen molar-refractivity contribution in [3.63, 3.8) is 0 Å². The van der Waals surface area contributed by atoms with Crippen LogP contribution in [0.5, 0.6) is 5.88 Å². The molecule has 0 aromatic carbocycles. The molecule has 7 heteroatoms. The van der Waals surface area contributed by atoms with Crippen molar-refractivity contribution < 1.29 is 14.3 Å². The lowest BCUT2D eigenvalue weighted by Gasteiger charge is -2.35. The van der Waals surface area contributed by atoms with Crippen LogP contribution in [0.2, 0.25) is 0 Å². The first-order valence-corrected chi connectivity index (χ1v) is 8.26. The maximum atomic E-state index is 12.5. The van der Waals surface area contributed by atoms with Gasteiger partial charge in [0.05, 0.1) is 7.11 Å². The lowest BCUT2D eigenvalue weighted by atomic mass is 9.96. The summed E-state index contributed by atoms with van der Waals surface area (Å²) in [6.45, 7) is 2.99. The van der Waals surface area contributed by atoms with Crippen molar-refractivity contribution in [1.82, 2.24) is 14.9 Å².